The molecule has 0 amide bonds. The Balaban J connectivity index is 1.83. The lowest BCUT2D eigenvalue weighted by Gasteiger charge is -2.06. The molecule has 0 radical (unpaired) electrons. The van der Waals surface area contributed by atoms with Gasteiger partial charge in [-0.1, -0.05) is 0 Å². The van der Waals surface area contributed by atoms with Crippen LogP contribution in [0.2, 0.25) is 0 Å². The molecule has 0 unspecified atom stereocenters. The van der Waals surface area contributed by atoms with Crippen molar-refractivity contribution in [1.29, 1.82) is 0 Å². The smallest absolute Gasteiger partial charge is 0.0667 e. The fraction of sp³-hybridized carbons (Fsp3) is 0.625. The number of hydrogen-bond donors (Lipinski definition) is 1. The molecular weight excluding hydrogens is 140 g/mol. The van der Waals surface area contributed by atoms with E-state index < -0.39 is 0 Å². The van der Waals surface area contributed by atoms with Crippen molar-refractivity contribution in [3.8, 4) is 0 Å². The van der Waals surface area contributed by atoms with Crippen LogP contribution in [-0.4, -0.2) is 20.5 Å². The molecule has 3 nitrogen and oxygen atoms in total. The van der Waals surface area contributed by atoms with Crippen molar-refractivity contribution in [2.45, 2.75) is 31.4 Å². The zero-order valence-corrected chi connectivity index (χ0v) is 6.40. The Labute approximate surface area is 65.7 Å². The van der Waals surface area contributed by atoms with Crippen LogP contribution >= 0.6 is 0 Å². The van der Waals surface area contributed by atoms with Crippen LogP contribution < -0.4 is 0 Å². The summed E-state index contributed by atoms with van der Waals surface area (Å²) in [4.78, 5) is 0. The predicted octanol–water partition coefficient (Wildman–Crippen LogP) is 0.798. The zero-order valence-electron chi connectivity index (χ0n) is 6.40. The molecule has 1 aliphatic rings. The lowest BCUT2D eigenvalue weighted by Crippen LogP contribution is -2.11. The maximum absolute atomic E-state index is 9.49. The molecule has 0 atom stereocenters. The van der Waals surface area contributed by atoms with Crippen LogP contribution in [0, 0.1) is 0 Å². The summed E-state index contributed by atoms with van der Waals surface area (Å²) >= 11 is 0. The topological polar surface area (TPSA) is 38.0 Å². The van der Waals surface area contributed by atoms with Gasteiger partial charge in [-0.05, 0) is 25.3 Å². The average Bonchev–Trinajstić information content (AvgIpc) is 2.53. The minimum absolute atomic E-state index is 0.341. The number of rotatable bonds is 3. The largest absolute Gasteiger partial charge is 0.390 e. The van der Waals surface area contributed by atoms with Gasteiger partial charge in [0.2, 0.25) is 0 Å². The molecule has 2 rings (SSSR count). The normalized spacial score (nSPS) is 20.1. The van der Waals surface area contributed by atoms with E-state index in [2.05, 4.69) is 5.10 Å². The monoisotopic (exact) mass is 152 g/mol. The molecule has 0 aromatic carbocycles. The Morgan fingerprint density at radius 2 is 2.36 bits per heavy atom. The molecule has 1 aliphatic carbocycles. The Morgan fingerprint density at radius 3 is 2.91 bits per heavy atom. The van der Waals surface area contributed by atoms with E-state index in [1.165, 1.54) is 0 Å². The first-order valence-corrected chi connectivity index (χ1v) is 3.98. The van der Waals surface area contributed by atoms with Gasteiger partial charge in [-0.25, -0.2) is 0 Å². The van der Waals surface area contributed by atoms with Gasteiger partial charge in [0.1, 0.15) is 0 Å². The maximum atomic E-state index is 9.49. The number of hydrogen-bond acceptors (Lipinski definition) is 2. The van der Waals surface area contributed by atoms with Crippen molar-refractivity contribution < 1.29 is 5.11 Å². The summed E-state index contributed by atoms with van der Waals surface area (Å²) in [6.07, 6.45) is 6.46. The van der Waals surface area contributed by atoms with Crippen LogP contribution in [-0.2, 0) is 6.54 Å². The standard InChI is InChI=1S/C8H12N2O/c11-8(2-3-8)4-7-10-6-1-5-9-10/h1,5-6,11H,2-4,7H2. The molecule has 1 aromatic rings. The second kappa shape index (κ2) is 2.34. The maximum Gasteiger partial charge on any atom is 0.0667 e. The van der Waals surface area contributed by atoms with Gasteiger partial charge in [0.25, 0.3) is 0 Å². The van der Waals surface area contributed by atoms with E-state index in [0.29, 0.717) is 0 Å². The SMILES string of the molecule is OC1(CCn2cccn2)CC1. The van der Waals surface area contributed by atoms with Crippen LogP contribution in [0.4, 0.5) is 0 Å². The second-order valence-electron chi connectivity index (χ2n) is 3.24. The van der Waals surface area contributed by atoms with Gasteiger partial charge in [0.15, 0.2) is 0 Å². The van der Waals surface area contributed by atoms with E-state index in [1.54, 1.807) is 6.20 Å². The van der Waals surface area contributed by atoms with Crippen molar-refractivity contribution in [2.75, 3.05) is 0 Å². The highest BCUT2D eigenvalue weighted by molar-refractivity contribution is 4.93. The van der Waals surface area contributed by atoms with Gasteiger partial charge in [-0.3, -0.25) is 4.68 Å². The molecule has 60 valence electrons. The molecule has 1 N–H and O–H groups in total. The molecule has 0 aliphatic heterocycles. The van der Waals surface area contributed by atoms with Crippen molar-refractivity contribution in [1.82, 2.24) is 9.78 Å². The van der Waals surface area contributed by atoms with Crippen LogP contribution in [0.3, 0.4) is 0 Å². The van der Waals surface area contributed by atoms with Gasteiger partial charge >= 0.3 is 0 Å². The lowest BCUT2D eigenvalue weighted by molar-refractivity contribution is 0.132. The molecule has 11 heavy (non-hydrogen) atoms. The highest BCUT2D eigenvalue weighted by Crippen LogP contribution is 2.38. The van der Waals surface area contributed by atoms with Crippen molar-refractivity contribution in [2.24, 2.45) is 0 Å². The van der Waals surface area contributed by atoms with Crippen molar-refractivity contribution >= 4 is 0 Å². The van der Waals surface area contributed by atoms with Gasteiger partial charge in [0.05, 0.1) is 5.60 Å². The number of aromatic nitrogens is 2. The molecule has 0 bridgehead atoms. The Kier molecular flexibility index (Phi) is 1.46. The molecule has 1 fully saturated rings. The number of nitrogens with zero attached hydrogens (tertiary/aromatic N) is 2. The fourth-order valence-corrected chi connectivity index (χ4v) is 1.15. The van der Waals surface area contributed by atoms with Crippen LogP contribution in [0.25, 0.3) is 0 Å². The first kappa shape index (κ1) is 6.85. The summed E-state index contributed by atoms with van der Waals surface area (Å²) in [6, 6.07) is 1.90. The summed E-state index contributed by atoms with van der Waals surface area (Å²) in [5.74, 6) is 0. The molecule has 0 spiro atoms. The van der Waals surface area contributed by atoms with Crippen molar-refractivity contribution in [3.05, 3.63) is 18.5 Å². The lowest BCUT2D eigenvalue weighted by atomic mass is 10.2. The van der Waals surface area contributed by atoms with Gasteiger partial charge < -0.3 is 5.11 Å². The molecule has 0 saturated heterocycles. The molecule has 1 aromatic heterocycles. The average molecular weight is 152 g/mol. The highest BCUT2D eigenvalue weighted by atomic mass is 16.3. The van der Waals surface area contributed by atoms with E-state index in [9.17, 15) is 5.11 Å². The molecular formula is C8H12N2O. The minimum atomic E-state index is -0.341. The summed E-state index contributed by atoms with van der Waals surface area (Å²) < 4.78 is 1.86. The van der Waals surface area contributed by atoms with Crippen LogP contribution in [0.15, 0.2) is 18.5 Å². The van der Waals surface area contributed by atoms with Gasteiger partial charge in [0, 0.05) is 18.9 Å². The van der Waals surface area contributed by atoms with E-state index in [0.717, 1.165) is 25.8 Å². The van der Waals surface area contributed by atoms with Gasteiger partial charge in [-0.15, -0.1) is 0 Å². The molecule has 1 heterocycles. The Hall–Kier alpha value is -0.830. The quantitative estimate of drug-likeness (QED) is 0.695. The number of aryl methyl sites for hydroxylation is 1. The van der Waals surface area contributed by atoms with Crippen molar-refractivity contribution in [3.63, 3.8) is 0 Å². The van der Waals surface area contributed by atoms with E-state index in [-0.39, 0.29) is 5.60 Å². The predicted molar refractivity (Wildman–Crippen MR) is 41.0 cm³/mol. The summed E-state index contributed by atoms with van der Waals surface area (Å²) in [5.41, 5.74) is -0.341. The minimum Gasteiger partial charge on any atom is -0.390 e. The third-order valence-corrected chi connectivity index (χ3v) is 2.19. The summed E-state index contributed by atoms with van der Waals surface area (Å²) in [6.45, 7) is 0.837. The Morgan fingerprint density at radius 1 is 1.55 bits per heavy atom. The van der Waals surface area contributed by atoms with E-state index in [1.807, 2.05) is 16.9 Å². The fourth-order valence-electron chi connectivity index (χ4n) is 1.15. The van der Waals surface area contributed by atoms with E-state index in [4.69, 9.17) is 0 Å². The van der Waals surface area contributed by atoms with Crippen LogP contribution in [0.5, 0.6) is 0 Å². The summed E-state index contributed by atoms with van der Waals surface area (Å²) in [7, 11) is 0. The zero-order chi connectivity index (χ0) is 7.73. The van der Waals surface area contributed by atoms with Gasteiger partial charge in [-0.2, -0.15) is 5.10 Å². The van der Waals surface area contributed by atoms with E-state index >= 15 is 0 Å². The molecule has 3 heteroatoms. The van der Waals surface area contributed by atoms with Crippen LogP contribution in [0.1, 0.15) is 19.3 Å². The molecule has 1 saturated carbocycles. The Bertz CT molecular complexity index is 226. The highest BCUT2D eigenvalue weighted by Gasteiger charge is 2.39. The number of aliphatic hydroxyl groups is 1. The first-order valence-electron chi connectivity index (χ1n) is 3.98. The summed E-state index contributed by atoms with van der Waals surface area (Å²) in [5, 5.41) is 13.5. The third-order valence-electron chi connectivity index (χ3n) is 2.19. The third kappa shape index (κ3) is 1.60. The first-order chi connectivity index (χ1) is 5.29. The second-order valence-corrected chi connectivity index (χ2v) is 3.24.